The lowest BCUT2D eigenvalue weighted by Gasteiger charge is -2.26. The molecule has 0 aliphatic carbocycles. The van der Waals surface area contributed by atoms with Crippen LogP contribution in [0.25, 0.3) is 0 Å². The second-order valence-corrected chi connectivity index (χ2v) is 9.57. The number of imidazole rings is 1. The molecule has 1 aromatic carbocycles. The summed E-state index contributed by atoms with van der Waals surface area (Å²) in [6, 6.07) is 1.12. The number of aromatic hydroxyl groups is 1. The number of amides is 3. The number of carbonyl (C=O) groups excluding carboxylic acids is 3. The van der Waals surface area contributed by atoms with Gasteiger partial charge in [-0.3, -0.25) is 14.4 Å². The van der Waals surface area contributed by atoms with Crippen molar-refractivity contribution >= 4 is 23.7 Å². The third-order valence-corrected chi connectivity index (χ3v) is 5.77. The number of carboxylic acids is 1. The van der Waals surface area contributed by atoms with E-state index in [4.69, 9.17) is 5.73 Å². The lowest BCUT2D eigenvalue weighted by molar-refractivity contribution is -0.142. The number of phenolic OH excluding ortho intramolecular Hbond substituents is 1. The Balaban J connectivity index is 2.26. The van der Waals surface area contributed by atoms with Gasteiger partial charge in [-0.1, -0.05) is 26.0 Å². The van der Waals surface area contributed by atoms with E-state index in [-0.39, 0.29) is 30.9 Å². The van der Waals surface area contributed by atoms with Crippen LogP contribution in [0.4, 0.5) is 0 Å². The summed E-state index contributed by atoms with van der Waals surface area (Å²) in [7, 11) is 0. The highest BCUT2D eigenvalue weighted by Crippen LogP contribution is 2.13. The second kappa shape index (κ2) is 14.1. The standard InChI is InChI=1S/C25H36N6O7/c1-13(2)8-18(30-24(36)21(26)14(3)32)22(34)29-19(9-15-4-6-17(33)7-5-15)23(35)31-20(25(37)38)10-16-11-27-12-28-16/h4-7,11-14,18-21,32-33H,8-10,26H2,1-3H3,(H,27,28)(H,29,34)(H,30,36)(H,31,35)(H,37,38). The first kappa shape index (κ1) is 30.3. The van der Waals surface area contributed by atoms with Crippen LogP contribution in [0.1, 0.15) is 38.4 Å². The topological polar surface area (TPSA) is 220 Å². The second-order valence-electron chi connectivity index (χ2n) is 9.57. The minimum atomic E-state index is -1.31. The summed E-state index contributed by atoms with van der Waals surface area (Å²) in [5.74, 6) is -3.45. The van der Waals surface area contributed by atoms with Gasteiger partial charge < -0.3 is 42.0 Å². The maximum absolute atomic E-state index is 13.3. The van der Waals surface area contributed by atoms with Crippen LogP contribution in [0.3, 0.4) is 0 Å². The van der Waals surface area contributed by atoms with Gasteiger partial charge in [0.15, 0.2) is 0 Å². The molecule has 1 aromatic heterocycles. The molecular formula is C25H36N6O7. The van der Waals surface area contributed by atoms with E-state index in [1.54, 1.807) is 12.1 Å². The maximum atomic E-state index is 13.3. The van der Waals surface area contributed by atoms with E-state index in [1.165, 1.54) is 31.6 Å². The molecule has 13 heteroatoms. The van der Waals surface area contributed by atoms with Crippen molar-refractivity contribution in [3.8, 4) is 5.75 Å². The number of benzene rings is 1. The van der Waals surface area contributed by atoms with E-state index in [0.717, 1.165) is 0 Å². The summed E-state index contributed by atoms with van der Waals surface area (Å²) in [5, 5.41) is 36.5. The molecule has 2 aromatic rings. The number of H-pyrrole nitrogens is 1. The zero-order chi connectivity index (χ0) is 28.4. The van der Waals surface area contributed by atoms with Crippen LogP contribution in [0.2, 0.25) is 0 Å². The number of nitrogens with zero attached hydrogens (tertiary/aromatic N) is 1. The van der Waals surface area contributed by atoms with Crippen molar-refractivity contribution in [3.05, 3.63) is 48.0 Å². The zero-order valence-corrected chi connectivity index (χ0v) is 21.5. The predicted molar refractivity (Wildman–Crippen MR) is 137 cm³/mol. The van der Waals surface area contributed by atoms with Crippen LogP contribution in [0.5, 0.6) is 5.75 Å². The minimum Gasteiger partial charge on any atom is -0.508 e. The number of aromatic amines is 1. The molecule has 38 heavy (non-hydrogen) atoms. The Bertz CT molecular complexity index is 1070. The van der Waals surface area contributed by atoms with E-state index in [1.807, 2.05) is 13.8 Å². The van der Waals surface area contributed by atoms with Crippen LogP contribution in [-0.4, -0.2) is 79.2 Å². The van der Waals surface area contributed by atoms with Gasteiger partial charge in [-0.05, 0) is 37.0 Å². The first-order valence-corrected chi connectivity index (χ1v) is 12.2. The van der Waals surface area contributed by atoms with Crippen molar-refractivity contribution in [3.63, 3.8) is 0 Å². The molecule has 9 N–H and O–H groups in total. The Morgan fingerprint density at radius 3 is 2.03 bits per heavy atom. The largest absolute Gasteiger partial charge is 0.508 e. The number of carbonyl (C=O) groups is 4. The van der Waals surface area contributed by atoms with Crippen LogP contribution in [-0.2, 0) is 32.0 Å². The van der Waals surface area contributed by atoms with Crippen LogP contribution >= 0.6 is 0 Å². The average Bonchev–Trinajstić information content (AvgIpc) is 3.36. The third-order valence-electron chi connectivity index (χ3n) is 5.77. The summed E-state index contributed by atoms with van der Waals surface area (Å²) in [5.41, 5.74) is 6.78. The molecule has 0 saturated carbocycles. The quantitative estimate of drug-likeness (QED) is 0.152. The van der Waals surface area contributed by atoms with E-state index in [9.17, 15) is 34.5 Å². The van der Waals surface area contributed by atoms with Gasteiger partial charge in [0.1, 0.15) is 29.9 Å². The normalized spacial score (nSPS) is 15.1. The molecule has 0 aliphatic heterocycles. The summed E-state index contributed by atoms with van der Waals surface area (Å²) < 4.78 is 0. The highest BCUT2D eigenvalue weighted by Gasteiger charge is 2.31. The summed E-state index contributed by atoms with van der Waals surface area (Å²) in [6.45, 7) is 5.03. The lowest BCUT2D eigenvalue weighted by Crippen LogP contribution is -2.58. The minimum absolute atomic E-state index is 0.0124. The maximum Gasteiger partial charge on any atom is 0.326 e. The molecule has 3 amide bonds. The fraction of sp³-hybridized carbons (Fsp3) is 0.480. The first-order valence-electron chi connectivity index (χ1n) is 12.2. The van der Waals surface area contributed by atoms with Crippen molar-refractivity contribution in [2.24, 2.45) is 11.7 Å². The van der Waals surface area contributed by atoms with E-state index in [0.29, 0.717) is 11.3 Å². The Hall–Kier alpha value is -3.97. The molecule has 13 nitrogen and oxygen atoms in total. The van der Waals surface area contributed by atoms with Crippen molar-refractivity contribution in [1.82, 2.24) is 25.9 Å². The molecule has 0 radical (unpaired) electrons. The summed E-state index contributed by atoms with van der Waals surface area (Å²) in [6.07, 6.45) is 1.81. The first-order chi connectivity index (χ1) is 17.9. The number of nitrogens with one attached hydrogen (secondary N) is 4. The van der Waals surface area contributed by atoms with Crippen molar-refractivity contribution in [1.29, 1.82) is 0 Å². The number of aromatic nitrogens is 2. The molecule has 2 rings (SSSR count). The number of carboxylic acid groups (broad SMARTS) is 1. The number of aliphatic carboxylic acids is 1. The van der Waals surface area contributed by atoms with E-state index >= 15 is 0 Å². The smallest absolute Gasteiger partial charge is 0.326 e. The van der Waals surface area contributed by atoms with Gasteiger partial charge in [0.2, 0.25) is 17.7 Å². The highest BCUT2D eigenvalue weighted by atomic mass is 16.4. The molecule has 0 aliphatic rings. The van der Waals surface area contributed by atoms with Crippen LogP contribution in [0, 0.1) is 5.92 Å². The molecule has 5 atom stereocenters. The Kier molecular flexibility index (Phi) is 11.2. The van der Waals surface area contributed by atoms with E-state index < -0.39 is 54.0 Å². The van der Waals surface area contributed by atoms with Crippen LogP contribution < -0.4 is 21.7 Å². The van der Waals surface area contributed by atoms with Crippen LogP contribution in [0.15, 0.2) is 36.8 Å². The summed E-state index contributed by atoms with van der Waals surface area (Å²) >= 11 is 0. The van der Waals surface area contributed by atoms with Gasteiger partial charge in [-0.15, -0.1) is 0 Å². The Morgan fingerprint density at radius 2 is 1.50 bits per heavy atom. The number of phenols is 1. The van der Waals surface area contributed by atoms with Crippen molar-refractivity contribution in [2.75, 3.05) is 0 Å². The van der Waals surface area contributed by atoms with Gasteiger partial charge in [-0.25, -0.2) is 9.78 Å². The fourth-order valence-electron chi connectivity index (χ4n) is 3.63. The number of aliphatic hydroxyl groups excluding tert-OH is 1. The number of aliphatic hydroxyl groups is 1. The average molecular weight is 533 g/mol. The van der Waals surface area contributed by atoms with Crippen molar-refractivity contribution < 1.29 is 34.5 Å². The number of hydrogen-bond acceptors (Lipinski definition) is 8. The van der Waals surface area contributed by atoms with Crippen molar-refractivity contribution in [2.45, 2.75) is 70.3 Å². The van der Waals surface area contributed by atoms with Gasteiger partial charge in [0.05, 0.1) is 12.4 Å². The third kappa shape index (κ3) is 9.48. The Labute approximate surface area is 220 Å². The van der Waals surface area contributed by atoms with Gasteiger partial charge in [0.25, 0.3) is 0 Å². The SMILES string of the molecule is CC(C)CC(NC(=O)C(N)C(C)O)C(=O)NC(Cc1ccc(O)cc1)C(=O)NC(Cc1cnc[nH]1)C(=O)O. The van der Waals surface area contributed by atoms with Gasteiger partial charge in [0, 0.05) is 24.7 Å². The summed E-state index contributed by atoms with van der Waals surface area (Å²) in [4.78, 5) is 57.4. The molecule has 0 fully saturated rings. The molecule has 208 valence electrons. The van der Waals surface area contributed by atoms with Gasteiger partial charge in [-0.2, -0.15) is 0 Å². The number of nitrogens with two attached hydrogens (primary N) is 1. The lowest BCUT2D eigenvalue weighted by atomic mass is 10.00. The predicted octanol–water partition coefficient (Wildman–Crippen LogP) is -0.806. The molecule has 0 bridgehead atoms. The zero-order valence-electron chi connectivity index (χ0n) is 21.5. The molecule has 5 unspecified atom stereocenters. The van der Waals surface area contributed by atoms with E-state index in [2.05, 4.69) is 25.9 Å². The molecule has 1 heterocycles. The number of hydrogen-bond donors (Lipinski definition) is 8. The molecule has 0 spiro atoms. The molecule has 0 saturated heterocycles. The Morgan fingerprint density at radius 1 is 0.921 bits per heavy atom. The fourth-order valence-corrected chi connectivity index (χ4v) is 3.63. The monoisotopic (exact) mass is 532 g/mol. The highest BCUT2D eigenvalue weighted by molar-refractivity contribution is 5.94. The number of rotatable bonds is 14. The molecular weight excluding hydrogens is 496 g/mol. The van der Waals surface area contributed by atoms with Gasteiger partial charge >= 0.3 is 5.97 Å².